The van der Waals surface area contributed by atoms with E-state index in [0.717, 1.165) is 25.9 Å². The lowest BCUT2D eigenvalue weighted by molar-refractivity contribution is -0.141. The smallest absolute Gasteiger partial charge is 0.321 e. The van der Waals surface area contributed by atoms with E-state index in [2.05, 4.69) is 5.32 Å². The molecule has 4 heterocycles. The highest BCUT2D eigenvalue weighted by molar-refractivity contribution is 5.92. The number of nitrogens with zero attached hydrogens (tertiary/aromatic N) is 3. The third kappa shape index (κ3) is 3.45. The Balaban J connectivity index is 1.33. The molecule has 166 valence electrons. The Kier molecular flexibility index (Phi) is 4.91. The van der Waals surface area contributed by atoms with E-state index in [1.54, 1.807) is 34.9 Å². The molecule has 31 heavy (non-hydrogen) atoms. The van der Waals surface area contributed by atoms with E-state index in [1.165, 1.54) is 0 Å². The lowest BCUT2D eigenvalue weighted by atomic mass is 9.79. The van der Waals surface area contributed by atoms with Crippen LogP contribution in [-0.2, 0) is 9.59 Å². The number of hydrogen-bond donors (Lipinski definition) is 1. The molecule has 4 aliphatic rings. The van der Waals surface area contributed by atoms with Crippen molar-refractivity contribution < 1.29 is 23.9 Å². The maximum atomic E-state index is 13.5. The molecular weight excluding hydrogens is 400 g/mol. The molecule has 1 aromatic rings. The van der Waals surface area contributed by atoms with Crippen molar-refractivity contribution in [2.75, 3.05) is 57.8 Å². The number of hydrogen-bond acceptors (Lipinski definition) is 5. The summed E-state index contributed by atoms with van der Waals surface area (Å²) in [5, 5.41) is 2.93. The summed E-state index contributed by atoms with van der Waals surface area (Å²) in [5.74, 6) is 1.30. The number of amides is 4. The second-order valence-electron chi connectivity index (χ2n) is 8.92. The van der Waals surface area contributed by atoms with Gasteiger partial charge in [0.15, 0.2) is 11.5 Å². The zero-order valence-electron chi connectivity index (χ0n) is 17.8. The van der Waals surface area contributed by atoms with Crippen molar-refractivity contribution in [3.63, 3.8) is 0 Å². The zero-order chi connectivity index (χ0) is 21.6. The number of ether oxygens (including phenoxy) is 2. The van der Waals surface area contributed by atoms with Crippen LogP contribution in [-0.4, -0.2) is 85.0 Å². The van der Waals surface area contributed by atoms with Gasteiger partial charge in [-0.05, 0) is 25.0 Å². The van der Waals surface area contributed by atoms with Crippen molar-refractivity contribution in [3.05, 3.63) is 18.2 Å². The highest BCUT2D eigenvalue weighted by atomic mass is 16.6. The van der Waals surface area contributed by atoms with Gasteiger partial charge in [-0.3, -0.25) is 9.59 Å². The maximum Gasteiger partial charge on any atom is 0.321 e. The molecule has 5 rings (SSSR count). The summed E-state index contributed by atoms with van der Waals surface area (Å²) in [5.41, 5.74) is -0.0863. The monoisotopic (exact) mass is 428 g/mol. The number of carbonyl (C=O) groups is 3. The van der Waals surface area contributed by atoms with Gasteiger partial charge >= 0.3 is 6.03 Å². The van der Waals surface area contributed by atoms with E-state index in [0.29, 0.717) is 56.6 Å². The van der Waals surface area contributed by atoms with Gasteiger partial charge in [0.25, 0.3) is 0 Å². The molecule has 0 aromatic heterocycles. The van der Waals surface area contributed by atoms with Gasteiger partial charge in [-0.1, -0.05) is 0 Å². The molecule has 0 spiro atoms. The molecule has 0 unspecified atom stereocenters. The third-order valence-corrected chi connectivity index (χ3v) is 6.95. The molecule has 4 amide bonds. The number of nitrogens with one attached hydrogen (secondary N) is 1. The van der Waals surface area contributed by atoms with E-state index in [1.807, 2.05) is 4.90 Å². The number of anilines is 1. The summed E-state index contributed by atoms with van der Waals surface area (Å²) < 4.78 is 11.1. The molecule has 3 saturated heterocycles. The van der Waals surface area contributed by atoms with Crippen LogP contribution in [0.3, 0.4) is 0 Å². The molecule has 0 radical (unpaired) electrons. The van der Waals surface area contributed by atoms with Gasteiger partial charge in [0.1, 0.15) is 13.2 Å². The van der Waals surface area contributed by atoms with Crippen molar-refractivity contribution in [2.24, 2.45) is 11.3 Å². The molecule has 0 bridgehead atoms. The molecule has 0 saturated carbocycles. The Morgan fingerprint density at radius 3 is 2.39 bits per heavy atom. The van der Waals surface area contributed by atoms with Gasteiger partial charge in [-0.15, -0.1) is 0 Å². The highest BCUT2D eigenvalue weighted by Crippen LogP contribution is 2.45. The fourth-order valence-electron chi connectivity index (χ4n) is 5.32. The van der Waals surface area contributed by atoms with Gasteiger partial charge in [0.05, 0.1) is 5.41 Å². The zero-order valence-corrected chi connectivity index (χ0v) is 17.8. The summed E-state index contributed by atoms with van der Waals surface area (Å²) >= 11 is 0. The Morgan fingerprint density at radius 2 is 1.65 bits per heavy atom. The number of likely N-dealkylation sites (tertiary alicyclic amines) is 3. The topological polar surface area (TPSA) is 91.4 Å². The lowest BCUT2D eigenvalue weighted by Gasteiger charge is -2.32. The van der Waals surface area contributed by atoms with Gasteiger partial charge in [-0.25, -0.2) is 4.79 Å². The SMILES string of the molecule is CC(=O)N1C[C@H]2CN(C(=O)Nc3ccc4c(c3)OCCO4)C[C@@]2(C(=O)N2CCCC2)C1. The number of rotatable bonds is 2. The van der Waals surface area contributed by atoms with Crippen LogP contribution in [0.15, 0.2) is 18.2 Å². The Labute approximate surface area is 181 Å². The van der Waals surface area contributed by atoms with Crippen LogP contribution in [0.4, 0.5) is 10.5 Å². The summed E-state index contributed by atoms with van der Waals surface area (Å²) in [6.07, 6.45) is 2.02. The van der Waals surface area contributed by atoms with Crippen molar-refractivity contribution in [1.29, 1.82) is 0 Å². The van der Waals surface area contributed by atoms with Crippen LogP contribution in [0.25, 0.3) is 0 Å². The van der Waals surface area contributed by atoms with Crippen molar-refractivity contribution >= 4 is 23.5 Å². The number of benzene rings is 1. The predicted octanol–water partition coefficient (Wildman–Crippen LogP) is 1.39. The Hall–Kier alpha value is -2.97. The quantitative estimate of drug-likeness (QED) is 0.769. The van der Waals surface area contributed by atoms with Gasteiger partial charge in [0, 0.05) is 63.9 Å². The van der Waals surface area contributed by atoms with Crippen molar-refractivity contribution in [1.82, 2.24) is 14.7 Å². The Bertz CT molecular complexity index is 915. The second-order valence-corrected chi connectivity index (χ2v) is 8.92. The number of urea groups is 1. The first-order chi connectivity index (χ1) is 15.0. The number of carbonyl (C=O) groups excluding carboxylic acids is 3. The molecule has 0 aliphatic carbocycles. The first kappa shape index (κ1) is 20.0. The minimum Gasteiger partial charge on any atom is -0.486 e. The molecule has 1 N–H and O–H groups in total. The minimum atomic E-state index is -0.708. The molecule has 3 fully saturated rings. The lowest BCUT2D eigenvalue weighted by Crippen LogP contribution is -2.49. The van der Waals surface area contributed by atoms with E-state index in [9.17, 15) is 14.4 Å². The van der Waals surface area contributed by atoms with Crippen LogP contribution in [0.1, 0.15) is 19.8 Å². The molecule has 1 aromatic carbocycles. The van der Waals surface area contributed by atoms with Gasteiger partial charge in [0.2, 0.25) is 11.8 Å². The fraction of sp³-hybridized carbons (Fsp3) is 0.591. The summed E-state index contributed by atoms with van der Waals surface area (Å²) in [6, 6.07) is 5.08. The number of fused-ring (bicyclic) bond motifs is 2. The second kappa shape index (κ2) is 7.62. The standard InChI is InChI=1S/C22H28N4O5/c1-15(27)25-11-16-12-26(14-22(16,13-25)20(28)24-6-2-3-7-24)21(29)23-17-4-5-18-19(10-17)31-9-8-30-18/h4-5,10,16H,2-3,6-9,11-14H2,1H3,(H,23,29)/t16-,22-/m0/s1. The summed E-state index contributed by atoms with van der Waals surface area (Å²) in [6.45, 7) is 5.74. The van der Waals surface area contributed by atoms with Crippen LogP contribution < -0.4 is 14.8 Å². The van der Waals surface area contributed by atoms with Crippen molar-refractivity contribution in [2.45, 2.75) is 19.8 Å². The van der Waals surface area contributed by atoms with Crippen LogP contribution in [0.2, 0.25) is 0 Å². The maximum absolute atomic E-state index is 13.5. The van der Waals surface area contributed by atoms with Crippen LogP contribution >= 0.6 is 0 Å². The van der Waals surface area contributed by atoms with Crippen molar-refractivity contribution in [3.8, 4) is 11.5 Å². The Morgan fingerprint density at radius 1 is 0.968 bits per heavy atom. The van der Waals surface area contributed by atoms with E-state index in [4.69, 9.17) is 9.47 Å². The highest BCUT2D eigenvalue weighted by Gasteiger charge is 2.59. The first-order valence-corrected chi connectivity index (χ1v) is 11.0. The fourth-order valence-corrected chi connectivity index (χ4v) is 5.32. The van der Waals surface area contributed by atoms with E-state index in [-0.39, 0.29) is 23.8 Å². The van der Waals surface area contributed by atoms with E-state index < -0.39 is 5.41 Å². The average Bonchev–Trinajstić information content (AvgIpc) is 3.48. The molecular formula is C22H28N4O5. The summed E-state index contributed by atoms with van der Waals surface area (Å²) in [4.78, 5) is 44.0. The largest absolute Gasteiger partial charge is 0.486 e. The van der Waals surface area contributed by atoms with Crippen LogP contribution in [0.5, 0.6) is 11.5 Å². The van der Waals surface area contributed by atoms with Gasteiger partial charge in [-0.2, -0.15) is 0 Å². The molecule has 9 nitrogen and oxygen atoms in total. The van der Waals surface area contributed by atoms with Crippen LogP contribution in [0, 0.1) is 11.3 Å². The normalized spacial score (nSPS) is 26.7. The third-order valence-electron chi connectivity index (χ3n) is 6.95. The molecule has 4 aliphatic heterocycles. The first-order valence-electron chi connectivity index (χ1n) is 11.0. The van der Waals surface area contributed by atoms with E-state index >= 15 is 0 Å². The molecule has 9 heteroatoms. The predicted molar refractivity (Wildman–Crippen MR) is 112 cm³/mol. The molecule has 2 atom stereocenters. The minimum absolute atomic E-state index is 0.0183. The average molecular weight is 428 g/mol. The van der Waals surface area contributed by atoms with Gasteiger partial charge < -0.3 is 29.5 Å². The summed E-state index contributed by atoms with van der Waals surface area (Å²) in [7, 11) is 0.